The van der Waals surface area contributed by atoms with E-state index in [1.807, 2.05) is 0 Å². The van der Waals surface area contributed by atoms with Gasteiger partial charge in [0.05, 0.1) is 15.7 Å². The molecule has 0 spiro atoms. The van der Waals surface area contributed by atoms with E-state index in [0.29, 0.717) is 27.5 Å². The third kappa shape index (κ3) is 4.76. The standard InChI is InChI=1S/C15H18Cl2N4/c1-2-3-4-9-18-15-19-10-8-13(21-15)20-14-11(16)6-5-7-12(14)17/h5-8,10H,2-4,9H2,1H3,(H2,18,19,20,21). The van der Waals surface area contributed by atoms with Crippen LogP contribution in [-0.2, 0) is 0 Å². The average molecular weight is 325 g/mol. The molecule has 2 N–H and O–H groups in total. The molecule has 0 aliphatic heterocycles. The molecule has 21 heavy (non-hydrogen) atoms. The molecular weight excluding hydrogens is 307 g/mol. The minimum atomic E-state index is 0.554. The van der Waals surface area contributed by atoms with E-state index in [2.05, 4.69) is 27.5 Å². The third-order valence-corrected chi connectivity index (χ3v) is 3.56. The topological polar surface area (TPSA) is 49.8 Å². The highest BCUT2D eigenvalue weighted by Gasteiger charge is 2.07. The number of nitrogens with zero attached hydrogens (tertiary/aromatic N) is 2. The second-order valence-corrected chi connectivity index (χ2v) is 5.44. The highest BCUT2D eigenvalue weighted by atomic mass is 35.5. The molecular formula is C15H18Cl2N4. The summed E-state index contributed by atoms with van der Waals surface area (Å²) in [6.45, 7) is 3.04. The lowest BCUT2D eigenvalue weighted by Crippen LogP contribution is -2.06. The first kappa shape index (κ1) is 15.9. The fourth-order valence-corrected chi connectivity index (χ4v) is 2.33. The summed E-state index contributed by atoms with van der Waals surface area (Å²) in [4.78, 5) is 8.59. The maximum atomic E-state index is 6.13. The molecule has 0 fully saturated rings. The predicted molar refractivity (Wildman–Crippen MR) is 89.8 cm³/mol. The van der Waals surface area contributed by atoms with Gasteiger partial charge in [-0.15, -0.1) is 0 Å². The number of aromatic nitrogens is 2. The zero-order valence-corrected chi connectivity index (χ0v) is 13.4. The highest BCUT2D eigenvalue weighted by molar-refractivity contribution is 6.39. The molecule has 0 bridgehead atoms. The maximum Gasteiger partial charge on any atom is 0.224 e. The first-order chi connectivity index (χ1) is 10.2. The maximum absolute atomic E-state index is 6.13. The predicted octanol–water partition coefficient (Wildman–Crippen LogP) is 5.13. The van der Waals surface area contributed by atoms with E-state index in [0.717, 1.165) is 13.0 Å². The van der Waals surface area contributed by atoms with Crippen LogP contribution >= 0.6 is 23.2 Å². The molecule has 2 aromatic rings. The van der Waals surface area contributed by atoms with Gasteiger partial charge in [-0.3, -0.25) is 0 Å². The number of hydrogen-bond donors (Lipinski definition) is 2. The largest absolute Gasteiger partial charge is 0.354 e. The van der Waals surface area contributed by atoms with Gasteiger partial charge in [0.1, 0.15) is 5.82 Å². The van der Waals surface area contributed by atoms with Gasteiger partial charge in [0.15, 0.2) is 0 Å². The highest BCUT2D eigenvalue weighted by Crippen LogP contribution is 2.31. The quantitative estimate of drug-likeness (QED) is 0.693. The number of benzene rings is 1. The van der Waals surface area contributed by atoms with Gasteiger partial charge in [-0.25, -0.2) is 4.98 Å². The molecule has 1 aromatic heterocycles. The summed E-state index contributed by atoms with van der Waals surface area (Å²) < 4.78 is 0. The molecule has 1 heterocycles. The Morgan fingerprint density at radius 2 is 1.86 bits per heavy atom. The van der Waals surface area contributed by atoms with Gasteiger partial charge in [-0.05, 0) is 24.6 Å². The van der Waals surface area contributed by atoms with Crippen LogP contribution in [0.4, 0.5) is 17.5 Å². The zero-order valence-electron chi connectivity index (χ0n) is 11.9. The molecule has 112 valence electrons. The Morgan fingerprint density at radius 3 is 2.57 bits per heavy atom. The van der Waals surface area contributed by atoms with Crippen LogP contribution in [0, 0.1) is 0 Å². The molecule has 0 saturated heterocycles. The van der Waals surface area contributed by atoms with Crippen LogP contribution in [0.3, 0.4) is 0 Å². The van der Waals surface area contributed by atoms with E-state index in [1.54, 1.807) is 30.5 Å². The van der Waals surface area contributed by atoms with E-state index in [-0.39, 0.29) is 0 Å². The number of nitrogens with one attached hydrogen (secondary N) is 2. The van der Waals surface area contributed by atoms with Crippen molar-refractivity contribution in [2.75, 3.05) is 17.2 Å². The molecule has 0 atom stereocenters. The van der Waals surface area contributed by atoms with Crippen molar-refractivity contribution in [2.45, 2.75) is 26.2 Å². The summed E-state index contributed by atoms with van der Waals surface area (Å²) in [5.41, 5.74) is 0.650. The van der Waals surface area contributed by atoms with Crippen molar-refractivity contribution < 1.29 is 0 Å². The minimum Gasteiger partial charge on any atom is -0.354 e. The first-order valence-corrected chi connectivity index (χ1v) is 7.74. The Bertz CT molecular complexity index is 569. The van der Waals surface area contributed by atoms with E-state index >= 15 is 0 Å². The Balaban J connectivity index is 2.04. The minimum absolute atomic E-state index is 0.554. The molecule has 0 saturated carbocycles. The van der Waals surface area contributed by atoms with Crippen LogP contribution in [0.5, 0.6) is 0 Å². The van der Waals surface area contributed by atoms with Crippen molar-refractivity contribution in [2.24, 2.45) is 0 Å². The summed E-state index contributed by atoms with van der Waals surface area (Å²) in [6, 6.07) is 7.13. The van der Waals surface area contributed by atoms with Gasteiger partial charge < -0.3 is 10.6 Å². The molecule has 0 unspecified atom stereocenters. The fourth-order valence-electron chi connectivity index (χ4n) is 1.83. The molecule has 2 rings (SSSR count). The van der Waals surface area contributed by atoms with Crippen molar-refractivity contribution in [3.8, 4) is 0 Å². The van der Waals surface area contributed by atoms with Gasteiger partial charge in [0, 0.05) is 12.7 Å². The molecule has 1 aromatic carbocycles. The van der Waals surface area contributed by atoms with Gasteiger partial charge >= 0.3 is 0 Å². The lowest BCUT2D eigenvalue weighted by molar-refractivity contribution is 0.740. The lowest BCUT2D eigenvalue weighted by atomic mass is 10.2. The molecule has 0 amide bonds. The molecule has 0 radical (unpaired) electrons. The summed E-state index contributed by atoms with van der Waals surface area (Å²) in [7, 11) is 0. The average Bonchev–Trinajstić information content (AvgIpc) is 2.48. The number of halogens is 2. The number of anilines is 3. The third-order valence-electron chi connectivity index (χ3n) is 2.93. The molecule has 6 heteroatoms. The van der Waals surface area contributed by atoms with E-state index in [4.69, 9.17) is 23.2 Å². The van der Waals surface area contributed by atoms with Crippen LogP contribution in [0.2, 0.25) is 10.0 Å². The lowest BCUT2D eigenvalue weighted by Gasteiger charge is -2.10. The van der Waals surface area contributed by atoms with E-state index in [1.165, 1.54) is 12.8 Å². The normalized spacial score (nSPS) is 10.4. The van der Waals surface area contributed by atoms with E-state index < -0.39 is 0 Å². The Morgan fingerprint density at radius 1 is 1.10 bits per heavy atom. The summed E-state index contributed by atoms with van der Waals surface area (Å²) >= 11 is 12.3. The van der Waals surface area contributed by atoms with Gasteiger partial charge in [-0.2, -0.15) is 4.98 Å². The second kappa shape index (κ2) is 8.05. The number of para-hydroxylation sites is 1. The number of rotatable bonds is 7. The SMILES string of the molecule is CCCCCNc1nccc(Nc2c(Cl)cccc2Cl)n1. The van der Waals surface area contributed by atoms with Crippen LogP contribution in [-0.4, -0.2) is 16.5 Å². The molecule has 4 nitrogen and oxygen atoms in total. The Kier molecular flexibility index (Phi) is 6.08. The van der Waals surface area contributed by atoms with E-state index in [9.17, 15) is 0 Å². The monoisotopic (exact) mass is 324 g/mol. The molecule has 0 aliphatic carbocycles. The van der Waals surface area contributed by atoms with Crippen molar-refractivity contribution in [1.82, 2.24) is 9.97 Å². The van der Waals surface area contributed by atoms with Crippen LogP contribution < -0.4 is 10.6 Å². The van der Waals surface area contributed by atoms with Crippen molar-refractivity contribution in [3.63, 3.8) is 0 Å². The van der Waals surface area contributed by atoms with Crippen molar-refractivity contribution in [3.05, 3.63) is 40.5 Å². The zero-order chi connectivity index (χ0) is 15.1. The smallest absolute Gasteiger partial charge is 0.224 e. The van der Waals surface area contributed by atoms with Crippen LogP contribution in [0.1, 0.15) is 26.2 Å². The Hall–Kier alpha value is -1.52. The first-order valence-electron chi connectivity index (χ1n) is 6.98. The van der Waals surface area contributed by atoms with Gasteiger partial charge in [-0.1, -0.05) is 49.0 Å². The van der Waals surface area contributed by atoms with Gasteiger partial charge in [0.2, 0.25) is 5.95 Å². The van der Waals surface area contributed by atoms with Crippen molar-refractivity contribution in [1.29, 1.82) is 0 Å². The Labute approximate surface area is 134 Å². The fraction of sp³-hybridized carbons (Fsp3) is 0.333. The molecule has 0 aliphatic rings. The van der Waals surface area contributed by atoms with Crippen molar-refractivity contribution >= 4 is 40.7 Å². The van der Waals surface area contributed by atoms with Crippen LogP contribution in [0.25, 0.3) is 0 Å². The summed E-state index contributed by atoms with van der Waals surface area (Å²) in [5.74, 6) is 1.25. The van der Waals surface area contributed by atoms with Crippen LogP contribution in [0.15, 0.2) is 30.5 Å². The summed E-state index contributed by atoms with van der Waals surface area (Å²) in [5, 5.41) is 7.44. The second-order valence-electron chi connectivity index (χ2n) is 4.62. The number of hydrogen-bond acceptors (Lipinski definition) is 4. The number of unbranched alkanes of at least 4 members (excludes halogenated alkanes) is 2. The summed E-state index contributed by atoms with van der Waals surface area (Å²) in [6.07, 6.45) is 5.19. The van der Waals surface area contributed by atoms with Gasteiger partial charge in [0.25, 0.3) is 0 Å².